The Morgan fingerprint density at radius 2 is 2.06 bits per heavy atom. The van der Waals surface area contributed by atoms with E-state index in [0.717, 1.165) is 5.82 Å². The van der Waals surface area contributed by atoms with Crippen molar-refractivity contribution < 1.29 is 0 Å². The van der Waals surface area contributed by atoms with E-state index < -0.39 is 0 Å². The highest BCUT2D eigenvalue weighted by atomic mass is 127. The molecular formula is C10H21IN6. The van der Waals surface area contributed by atoms with E-state index in [-0.39, 0.29) is 29.5 Å². The highest BCUT2D eigenvalue weighted by molar-refractivity contribution is 14.0. The third-order valence-corrected chi connectivity index (χ3v) is 2.09. The molecule has 0 aliphatic heterocycles. The lowest BCUT2D eigenvalue weighted by molar-refractivity contribution is 0.341. The largest absolute Gasteiger partial charge is 0.370 e. The minimum absolute atomic E-state index is 0. The first kappa shape index (κ1) is 16.1. The smallest absolute Gasteiger partial charge is 0.191 e. The molecule has 0 radical (unpaired) electrons. The molecule has 1 rings (SSSR count). The van der Waals surface area contributed by atoms with Crippen molar-refractivity contribution in [2.75, 3.05) is 14.1 Å². The van der Waals surface area contributed by atoms with Crippen LogP contribution in [0.15, 0.2) is 11.3 Å². The summed E-state index contributed by atoms with van der Waals surface area (Å²) < 4.78 is 1.86. The van der Waals surface area contributed by atoms with Gasteiger partial charge >= 0.3 is 0 Å². The lowest BCUT2D eigenvalue weighted by Crippen LogP contribution is -2.31. The molecule has 98 valence electrons. The number of halogens is 1. The van der Waals surface area contributed by atoms with E-state index in [9.17, 15) is 0 Å². The Balaban J connectivity index is 0.00000256. The Hall–Kier alpha value is -0.860. The summed E-state index contributed by atoms with van der Waals surface area (Å²) >= 11 is 0. The molecule has 6 nitrogen and oxygen atoms in total. The summed E-state index contributed by atoms with van der Waals surface area (Å²) in [6, 6.07) is 0. The van der Waals surface area contributed by atoms with Gasteiger partial charge in [-0.25, -0.2) is 14.7 Å². The maximum atomic E-state index is 5.71. The van der Waals surface area contributed by atoms with Crippen LogP contribution in [0.1, 0.15) is 26.6 Å². The van der Waals surface area contributed by atoms with Gasteiger partial charge < -0.3 is 10.6 Å². The Bertz CT molecular complexity index is 376. The number of nitrogens with two attached hydrogens (primary N) is 1. The predicted molar refractivity (Wildman–Crippen MR) is 79.4 cm³/mol. The van der Waals surface area contributed by atoms with Crippen LogP contribution in [-0.4, -0.2) is 39.7 Å². The SMILES string of the molecule is CN(C)C(N)=NCc1ncnn1C(C)(C)C.I. The van der Waals surface area contributed by atoms with Crippen LogP contribution in [0.25, 0.3) is 0 Å². The Labute approximate surface area is 119 Å². The lowest BCUT2D eigenvalue weighted by Gasteiger charge is -2.20. The van der Waals surface area contributed by atoms with Gasteiger partial charge in [-0.3, -0.25) is 0 Å². The molecule has 1 aromatic heterocycles. The van der Waals surface area contributed by atoms with Crippen LogP contribution in [0.2, 0.25) is 0 Å². The fourth-order valence-electron chi connectivity index (χ4n) is 1.23. The van der Waals surface area contributed by atoms with Gasteiger partial charge in [0.15, 0.2) is 5.96 Å². The van der Waals surface area contributed by atoms with Crippen LogP contribution in [0.5, 0.6) is 0 Å². The molecule has 0 atom stereocenters. The topological polar surface area (TPSA) is 72.3 Å². The molecule has 1 heterocycles. The van der Waals surface area contributed by atoms with Gasteiger partial charge in [-0.1, -0.05) is 0 Å². The van der Waals surface area contributed by atoms with Crippen LogP contribution in [-0.2, 0) is 12.1 Å². The van der Waals surface area contributed by atoms with Crippen LogP contribution >= 0.6 is 24.0 Å². The lowest BCUT2D eigenvalue weighted by atomic mass is 10.1. The number of aliphatic imine (C=N–C) groups is 1. The molecule has 0 fully saturated rings. The minimum Gasteiger partial charge on any atom is -0.370 e. The summed E-state index contributed by atoms with van der Waals surface area (Å²) in [4.78, 5) is 10.2. The third kappa shape index (κ3) is 4.49. The second-order valence-corrected chi connectivity index (χ2v) is 4.83. The van der Waals surface area contributed by atoms with Crippen LogP contribution in [0.4, 0.5) is 0 Å². The summed E-state index contributed by atoms with van der Waals surface area (Å²) in [7, 11) is 3.71. The maximum Gasteiger partial charge on any atom is 0.191 e. The van der Waals surface area contributed by atoms with Gasteiger partial charge in [-0.2, -0.15) is 5.10 Å². The molecule has 0 aliphatic rings. The molecule has 7 heteroatoms. The van der Waals surface area contributed by atoms with E-state index >= 15 is 0 Å². The molecule has 0 aromatic carbocycles. The number of aromatic nitrogens is 3. The summed E-state index contributed by atoms with van der Waals surface area (Å²) in [5.74, 6) is 1.31. The van der Waals surface area contributed by atoms with E-state index in [4.69, 9.17) is 5.73 Å². The van der Waals surface area contributed by atoms with Crippen molar-refractivity contribution in [3.8, 4) is 0 Å². The van der Waals surface area contributed by atoms with Gasteiger partial charge in [0.05, 0.1) is 5.54 Å². The van der Waals surface area contributed by atoms with Crippen molar-refractivity contribution in [1.29, 1.82) is 0 Å². The number of nitrogens with zero attached hydrogens (tertiary/aromatic N) is 5. The van der Waals surface area contributed by atoms with E-state index in [1.807, 2.05) is 18.8 Å². The first-order chi connectivity index (χ1) is 7.32. The van der Waals surface area contributed by atoms with Crippen molar-refractivity contribution in [3.63, 3.8) is 0 Å². The molecule has 0 bridgehead atoms. The van der Waals surface area contributed by atoms with E-state index in [1.165, 1.54) is 0 Å². The molecule has 2 N–H and O–H groups in total. The highest BCUT2D eigenvalue weighted by Crippen LogP contribution is 2.14. The summed E-state index contributed by atoms with van der Waals surface area (Å²) in [5.41, 5.74) is 5.62. The van der Waals surface area contributed by atoms with Crippen molar-refractivity contribution in [3.05, 3.63) is 12.2 Å². The molecule has 0 saturated carbocycles. The summed E-state index contributed by atoms with van der Waals surface area (Å²) in [5, 5.41) is 4.19. The number of hydrogen-bond donors (Lipinski definition) is 1. The van der Waals surface area contributed by atoms with Crippen LogP contribution in [0, 0.1) is 0 Å². The fourth-order valence-corrected chi connectivity index (χ4v) is 1.23. The molecule has 0 spiro atoms. The quantitative estimate of drug-likeness (QED) is 0.490. The number of hydrogen-bond acceptors (Lipinski definition) is 3. The van der Waals surface area contributed by atoms with Crippen LogP contribution < -0.4 is 5.73 Å². The van der Waals surface area contributed by atoms with Crippen molar-refractivity contribution >= 4 is 29.9 Å². The molecule has 0 unspecified atom stereocenters. The zero-order valence-electron chi connectivity index (χ0n) is 11.0. The van der Waals surface area contributed by atoms with Crippen molar-refractivity contribution in [1.82, 2.24) is 19.7 Å². The molecule has 0 aliphatic carbocycles. The highest BCUT2D eigenvalue weighted by Gasteiger charge is 2.17. The molecule has 0 saturated heterocycles. The van der Waals surface area contributed by atoms with Gasteiger partial charge in [0.2, 0.25) is 0 Å². The van der Waals surface area contributed by atoms with Crippen molar-refractivity contribution in [2.24, 2.45) is 10.7 Å². The molecular weight excluding hydrogens is 331 g/mol. The Kier molecular flexibility index (Phi) is 5.86. The Morgan fingerprint density at radius 3 is 2.53 bits per heavy atom. The predicted octanol–water partition coefficient (Wildman–Crippen LogP) is 1.03. The summed E-state index contributed by atoms with van der Waals surface area (Å²) in [6.07, 6.45) is 1.54. The van der Waals surface area contributed by atoms with Gasteiger partial charge in [0.1, 0.15) is 18.7 Å². The van der Waals surface area contributed by atoms with Crippen LogP contribution in [0.3, 0.4) is 0 Å². The second-order valence-electron chi connectivity index (χ2n) is 4.83. The second kappa shape index (κ2) is 6.18. The fraction of sp³-hybridized carbons (Fsp3) is 0.700. The average Bonchev–Trinajstić information content (AvgIpc) is 2.60. The van der Waals surface area contributed by atoms with E-state index in [1.54, 1.807) is 11.2 Å². The van der Waals surface area contributed by atoms with Gasteiger partial charge in [-0.15, -0.1) is 24.0 Å². The van der Waals surface area contributed by atoms with Gasteiger partial charge in [-0.05, 0) is 20.8 Å². The monoisotopic (exact) mass is 352 g/mol. The molecule has 17 heavy (non-hydrogen) atoms. The zero-order chi connectivity index (χ0) is 12.3. The van der Waals surface area contributed by atoms with E-state index in [0.29, 0.717) is 12.5 Å². The third-order valence-electron chi connectivity index (χ3n) is 2.09. The first-order valence-electron chi connectivity index (χ1n) is 5.19. The summed E-state index contributed by atoms with van der Waals surface area (Å²) in [6.45, 7) is 6.67. The van der Waals surface area contributed by atoms with Gasteiger partial charge in [0, 0.05) is 14.1 Å². The molecule has 1 aromatic rings. The van der Waals surface area contributed by atoms with Crippen molar-refractivity contribution in [2.45, 2.75) is 32.9 Å². The average molecular weight is 352 g/mol. The molecule has 0 amide bonds. The zero-order valence-corrected chi connectivity index (χ0v) is 13.3. The standard InChI is InChI=1S/C10H20N6.HI/c1-10(2,3)16-8(13-7-14-16)6-12-9(11)15(4)5;/h7H,6H2,1-5H3,(H2,11,12);1H. The Morgan fingerprint density at radius 1 is 1.47 bits per heavy atom. The maximum absolute atomic E-state index is 5.71. The van der Waals surface area contributed by atoms with E-state index in [2.05, 4.69) is 35.8 Å². The first-order valence-corrected chi connectivity index (χ1v) is 5.19. The van der Waals surface area contributed by atoms with Gasteiger partial charge in [0.25, 0.3) is 0 Å². The number of rotatable bonds is 2. The normalized spacial score (nSPS) is 12.2. The minimum atomic E-state index is -0.0891. The number of guanidine groups is 1.